The zero-order valence-electron chi connectivity index (χ0n) is 15.1. The van der Waals surface area contributed by atoms with Gasteiger partial charge in [-0.3, -0.25) is 4.79 Å². The van der Waals surface area contributed by atoms with Crippen LogP contribution in [0.2, 0.25) is 0 Å². The fourth-order valence-electron chi connectivity index (χ4n) is 2.63. The number of carbonyl (C=O) groups excluding carboxylic acids is 1. The van der Waals surface area contributed by atoms with E-state index in [-0.39, 0.29) is 10.7 Å². The zero-order chi connectivity index (χ0) is 19.6. The number of hydrazone groups is 1. The van der Waals surface area contributed by atoms with Crippen LogP contribution in [0.1, 0.15) is 28.6 Å². The molecule has 0 aliphatic carbocycles. The number of aryl methyl sites for hydroxylation is 1. The number of para-hydroxylation sites is 1. The number of benzene rings is 2. The Hall–Kier alpha value is -2.97. The number of rotatable bonds is 5. The summed E-state index contributed by atoms with van der Waals surface area (Å²) >= 11 is 0. The van der Waals surface area contributed by atoms with E-state index >= 15 is 0 Å². The molecule has 0 radical (unpaired) electrons. The Morgan fingerprint density at radius 3 is 2.37 bits per heavy atom. The van der Waals surface area contributed by atoms with Crippen LogP contribution in [0.25, 0.3) is 11.0 Å². The fraction of sp³-hybridized carbons (Fsp3) is 0.158. The highest BCUT2D eigenvalue weighted by molar-refractivity contribution is 7.89. The molecule has 1 aromatic heterocycles. The van der Waals surface area contributed by atoms with Crippen LogP contribution in [0.4, 0.5) is 0 Å². The molecule has 140 valence electrons. The summed E-state index contributed by atoms with van der Waals surface area (Å²) in [7, 11) is -2.14. The van der Waals surface area contributed by atoms with Gasteiger partial charge in [0.2, 0.25) is 10.0 Å². The Bertz CT molecular complexity index is 1130. The van der Waals surface area contributed by atoms with Gasteiger partial charge in [0.1, 0.15) is 5.58 Å². The maximum atomic E-state index is 12.4. The van der Waals surface area contributed by atoms with Crippen molar-refractivity contribution in [3.05, 3.63) is 65.4 Å². The molecule has 27 heavy (non-hydrogen) atoms. The fourth-order valence-corrected chi connectivity index (χ4v) is 3.36. The van der Waals surface area contributed by atoms with Gasteiger partial charge in [-0.2, -0.15) is 5.10 Å². The summed E-state index contributed by atoms with van der Waals surface area (Å²) in [5.41, 5.74) is 5.09. The lowest BCUT2D eigenvalue weighted by molar-refractivity contribution is 0.0928. The molecule has 2 aromatic carbocycles. The summed E-state index contributed by atoms with van der Waals surface area (Å²) in [6.07, 6.45) is 0. The molecular formula is C19H19N3O4S. The number of nitrogens with zero attached hydrogens (tertiary/aromatic N) is 1. The van der Waals surface area contributed by atoms with Crippen LogP contribution in [-0.2, 0) is 10.0 Å². The lowest BCUT2D eigenvalue weighted by Gasteiger charge is -2.05. The Labute approximate surface area is 157 Å². The molecule has 2 N–H and O–H groups in total. The molecule has 0 saturated heterocycles. The van der Waals surface area contributed by atoms with E-state index in [0.717, 1.165) is 10.9 Å². The molecule has 3 rings (SSSR count). The summed E-state index contributed by atoms with van der Waals surface area (Å²) < 4.78 is 31.4. The maximum Gasteiger partial charge on any atom is 0.307 e. The smallest absolute Gasteiger partial charge is 0.307 e. The van der Waals surface area contributed by atoms with Gasteiger partial charge in [-0.25, -0.2) is 18.6 Å². The molecule has 0 aliphatic heterocycles. The van der Waals surface area contributed by atoms with Crippen molar-refractivity contribution in [2.45, 2.75) is 18.7 Å². The second kappa shape index (κ2) is 7.34. The molecule has 1 amide bonds. The number of hydrogen-bond donors (Lipinski definition) is 2. The van der Waals surface area contributed by atoms with Crippen molar-refractivity contribution in [1.29, 1.82) is 0 Å². The quantitative estimate of drug-likeness (QED) is 0.521. The third-order valence-electron chi connectivity index (χ3n) is 4.23. The summed E-state index contributed by atoms with van der Waals surface area (Å²) in [5.74, 6) is -0.236. The van der Waals surface area contributed by atoms with Crippen molar-refractivity contribution in [2.24, 2.45) is 5.10 Å². The van der Waals surface area contributed by atoms with E-state index in [0.29, 0.717) is 16.9 Å². The number of amides is 1. The summed E-state index contributed by atoms with van der Waals surface area (Å²) in [6, 6.07) is 13.6. The van der Waals surface area contributed by atoms with E-state index < -0.39 is 15.9 Å². The van der Waals surface area contributed by atoms with Gasteiger partial charge in [0.05, 0.1) is 10.6 Å². The van der Waals surface area contributed by atoms with E-state index in [4.69, 9.17) is 4.42 Å². The van der Waals surface area contributed by atoms with Crippen LogP contribution in [-0.4, -0.2) is 27.1 Å². The van der Waals surface area contributed by atoms with E-state index in [1.165, 1.54) is 19.2 Å². The van der Waals surface area contributed by atoms with E-state index in [1.54, 1.807) is 25.1 Å². The molecule has 8 heteroatoms. The monoisotopic (exact) mass is 385 g/mol. The van der Waals surface area contributed by atoms with Crippen LogP contribution in [0.5, 0.6) is 0 Å². The third-order valence-corrected chi connectivity index (χ3v) is 5.66. The van der Waals surface area contributed by atoms with E-state index in [1.807, 2.05) is 25.1 Å². The highest BCUT2D eigenvalue weighted by Crippen LogP contribution is 2.24. The minimum atomic E-state index is -3.49. The molecule has 7 nitrogen and oxygen atoms in total. The van der Waals surface area contributed by atoms with Crippen molar-refractivity contribution in [2.75, 3.05) is 7.05 Å². The van der Waals surface area contributed by atoms with Crippen molar-refractivity contribution in [3.8, 4) is 0 Å². The van der Waals surface area contributed by atoms with Gasteiger partial charge in [-0.15, -0.1) is 0 Å². The predicted octanol–water partition coefficient (Wildman–Crippen LogP) is 2.80. The first-order valence-electron chi connectivity index (χ1n) is 8.20. The molecule has 1 heterocycles. The zero-order valence-corrected chi connectivity index (χ0v) is 15.9. The minimum absolute atomic E-state index is 0.156. The first-order chi connectivity index (χ1) is 12.8. The van der Waals surface area contributed by atoms with Gasteiger partial charge in [-0.05, 0) is 44.7 Å². The standard InChI is InChI=1S/C19H19N3O4S/c1-12-16-6-4-5-7-17(16)26-18(12)19(23)22-21-13(2)14-8-10-15(11-9-14)27(24,25)20-3/h4-11,20H,1-3H3,(H,22,23)/b21-13-. The van der Waals surface area contributed by atoms with Crippen LogP contribution < -0.4 is 10.1 Å². The van der Waals surface area contributed by atoms with Gasteiger partial charge in [0.25, 0.3) is 0 Å². The normalized spacial score (nSPS) is 12.3. The molecule has 3 aromatic rings. The number of fused-ring (bicyclic) bond motifs is 1. The van der Waals surface area contributed by atoms with Gasteiger partial charge < -0.3 is 4.42 Å². The maximum absolute atomic E-state index is 12.4. The van der Waals surface area contributed by atoms with Crippen molar-refractivity contribution in [3.63, 3.8) is 0 Å². The second-order valence-corrected chi connectivity index (χ2v) is 7.81. The van der Waals surface area contributed by atoms with Gasteiger partial charge in [-0.1, -0.05) is 30.3 Å². The van der Waals surface area contributed by atoms with Crippen LogP contribution in [0.3, 0.4) is 0 Å². The van der Waals surface area contributed by atoms with Gasteiger partial charge in [0, 0.05) is 10.9 Å². The summed E-state index contributed by atoms with van der Waals surface area (Å²) in [4.78, 5) is 12.6. The van der Waals surface area contributed by atoms with Crippen LogP contribution >= 0.6 is 0 Å². The molecule has 0 fully saturated rings. The average Bonchev–Trinajstić information content (AvgIpc) is 3.03. The lowest BCUT2D eigenvalue weighted by Crippen LogP contribution is -2.20. The molecule has 0 bridgehead atoms. The van der Waals surface area contributed by atoms with Crippen LogP contribution in [0.15, 0.2) is 62.9 Å². The number of sulfonamides is 1. The lowest BCUT2D eigenvalue weighted by atomic mass is 10.1. The van der Waals surface area contributed by atoms with Crippen molar-refractivity contribution < 1.29 is 17.6 Å². The number of hydrogen-bond acceptors (Lipinski definition) is 5. The van der Waals surface area contributed by atoms with Crippen LogP contribution in [0, 0.1) is 6.92 Å². The number of carbonyl (C=O) groups is 1. The van der Waals surface area contributed by atoms with E-state index in [2.05, 4.69) is 15.2 Å². The molecule has 0 atom stereocenters. The first kappa shape index (κ1) is 18.8. The second-order valence-electron chi connectivity index (χ2n) is 5.92. The largest absolute Gasteiger partial charge is 0.451 e. The first-order valence-corrected chi connectivity index (χ1v) is 9.68. The highest BCUT2D eigenvalue weighted by atomic mass is 32.2. The average molecular weight is 385 g/mol. The third kappa shape index (κ3) is 3.76. The Morgan fingerprint density at radius 1 is 1.07 bits per heavy atom. The topological polar surface area (TPSA) is 101 Å². The predicted molar refractivity (Wildman–Crippen MR) is 103 cm³/mol. The molecular weight excluding hydrogens is 366 g/mol. The van der Waals surface area contributed by atoms with Gasteiger partial charge >= 0.3 is 5.91 Å². The SMILES string of the molecule is CNS(=O)(=O)c1ccc(/C(C)=N\NC(=O)c2oc3ccccc3c2C)cc1. The Balaban J connectivity index is 1.78. The minimum Gasteiger partial charge on any atom is -0.451 e. The van der Waals surface area contributed by atoms with E-state index in [9.17, 15) is 13.2 Å². The highest BCUT2D eigenvalue weighted by Gasteiger charge is 2.17. The molecule has 0 saturated carbocycles. The molecule has 0 spiro atoms. The number of nitrogens with one attached hydrogen (secondary N) is 2. The summed E-state index contributed by atoms with van der Waals surface area (Å²) in [5, 5.41) is 4.97. The molecule has 0 unspecified atom stereocenters. The Kier molecular flexibility index (Phi) is 5.11. The summed E-state index contributed by atoms with van der Waals surface area (Å²) in [6.45, 7) is 3.53. The number of furan rings is 1. The van der Waals surface area contributed by atoms with Gasteiger partial charge in [0.15, 0.2) is 5.76 Å². The van der Waals surface area contributed by atoms with Crippen molar-refractivity contribution >= 4 is 32.6 Å². The Morgan fingerprint density at radius 2 is 1.74 bits per heavy atom. The van der Waals surface area contributed by atoms with Crippen molar-refractivity contribution in [1.82, 2.24) is 10.1 Å². The molecule has 0 aliphatic rings.